The summed E-state index contributed by atoms with van der Waals surface area (Å²) in [5.74, 6) is 0.595. The molecule has 0 bridgehead atoms. The summed E-state index contributed by atoms with van der Waals surface area (Å²) in [6.45, 7) is 6.37. The van der Waals surface area contributed by atoms with Crippen LogP contribution in [0.15, 0.2) is 11.6 Å². The molecule has 1 unspecified atom stereocenters. The molecule has 1 atom stereocenters. The van der Waals surface area contributed by atoms with Gasteiger partial charge < -0.3 is 4.79 Å². The first kappa shape index (κ1) is 11.4. The molecule has 70 valence electrons. The second-order valence-corrected chi connectivity index (χ2v) is 3.54. The van der Waals surface area contributed by atoms with Crippen LogP contribution < -0.4 is 0 Å². The average molecular weight is 168 g/mol. The number of carbonyl (C=O) groups is 1. The van der Waals surface area contributed by atoms with E-state index in [1.807, 2.05) is 0 Å². The minimum Gasteiger partial charge on any atom is -0.303 e. The van der Waals surface area contributed by atoms with Gasteiger partial charge in [-0.15, -0.1) is 0 Å². The van der Waals surface area contributed by atoms with Crippen LogP contribution >= 0.6 is 0 Å². The zero-order valence-electron chi connectivity index (χ0n) is 8.47. The molecule has 12 heavy (non-hydrogen) atoms. The third-order valence-electron chi connectivity index (χ3n) is 2.13. The molecule has 0 heterocycles. The highest BCUT2D eigenvalue weighted by atomic mass is 16.1. The fraction of sp³-hybridized carbons (Fsp3) is 0.727. The fourth-order valence-corrected chi connectivity index (χ4v) is 1.23. The summed E-state index contributed by atoms with van der Waals surface area (Å²) in [7, 11) is 0. The van der Waals surface area contributed by atoms with Crippen molar-refractivity contribution in [1.82, 2.24) is 0 Å². The summed E-state index contributed by atoms with van der Waals surface area (Å²) in [4.78, 5) is 10.3. The lowest BCUT2D eigenvalue weighted by atomic mass is 9.97. The molecular formula is C11H20O. The van der Waals surface area contributed by atoms with Crippen molar-refractivity contribution >= 4 is 6.29 Å². The van der Waals surface area contributed by atoms with Gasteiger partial charge in [-0.05, 0) is 32.6 Å². The van der Waals surface area contributed by atoms with E-state index in [1.54, 1.807) is 0 Å². The molecule has 0 rings (SSSR count). The zero-order valence-corrected chi connectivity index (χ0v) is 8.47. The molecule has 0 aliphatic heterocycles. The summed E-state index contributed by atoms with van der Waals surface area (Å²) < 4.78 is 0. The summed E-state index contributed by atoms with van der Waals surface area (Å²) in [5.41, 5.74) is 1.37. The molecule has 0 saturated heterocycles. The summed E-state index contributed by atoms with van der Waals surface area (Å²) in [6, 6.07) is 0. The van der Waals surface area contributed by atoms with Crippen LogP contribution in [0.3, 0.4) is 0 Å². The Bertz CT molecular complexity index is 143. The van der Waals surface area contributed by atoms with Crippen LogP contribution in [-0.2, 0) is 4.79 Å². The summed E-state index contributed by atoms with van der Waals surface area (Å²) in [6.07, 6.45) is 7.40. The number of hydrogen-bond acceptors (Lipinski definition) is 1. The van der Waals surface area contributed by atoms with Gasteiger partial charge in [-0.25, -0.2) is 0 Å². The number of aldehydes is 1. The topological polar surface area (TPSA) is 17.1 Å². The molecular weight excluding hydrogens is 148 g/mol. The van der Waals surface area contributed by atoms with Crippen LogP contribution in [0, 0.1) is 5.92 Å². The minimum atomic E-state index is 0.595. The van der Waals surface area contributed by atoms with Crippen LogP contribution in [-0.4, -0.2) is 6.29 Å². The number of rotatable bonds is 6. The van der Waals surface area contributed by atoms with Gasteiger partial charge >= 0.3 is 0 Å². The average Bonchev–Trinajstić information content (AvgIpc) is 2.02. The fourth-order valence-electron chi connectivity index (χ4n) is 1.23. The van der Waals surface area contributed by atoms with Gasteiger partial charge in [0.1, 0.15) is 6.29 Å². The van der Waals surface area contributed by atoms with E-state index in [4.69, 9.17) is 0 Å². The van der Waals surface area contributed by atoms with Gasteiger partial charge in [0, 0.05) is 6.42 Å². The van der Waals surface area contributed by atoms with Crippen molar-refractivity contribution < 1.29 is 4.79 Å². The first-order valence-electron chi connectivity index (χ1n) is 4.77. The van der Waals surface area contributed by atoms with E-state index in [-0.39, 0.29) is 0 Å². The van der Waals surface area contributed by atoms with Crippen LogP contribution in [0.4, 0.5) is 0 Å². The Morgan fingerprint density at radius 2 is 2.08 bits per heavy atom. The van der Waals surface area contributed by atoms with Gasteiger partial charge in [0.25, 0.3) is 0 Å². The van der Waals surface area contributed by atoms with E-state index < -0.39 is 0 Å². The first-order chi connectivity index (χ1) is 5.70. The lowest BCUT2D eigenvalue weighted by Crippen LogP contribution is -1.98. The summed E-state index contributed by atoms with van der Waals surface area (Å²) >= 11 is 0. The second-order valence-electron chi connectivity index (χ2n) is 3.54. The molecule has 0 aromatic carbocycles. The molecule has 1 heteroatoms. The Morgan fingerprint density at radius 3 is 2.50 bits per heavy atom. The Hall–Kier alpha value is -0.590. The highest BCUT2D eigenvalue weighted by molar-refractivity contribution is 5.49. The minimum absolute atomic E-state index is 0.595. The first-order valence-corrected chi connectivity index (χ1v) is 4.77. The Labute approximate surface area is 75.9 Å². The quantitative estimate of drug-likeness (QED) is 0.439. The molecule has 0 radical (unpaired) electrons. The Morgan fingerprint density at radius 1 is 1.42 bits per heavy atom. The van der Waals surface area contributed by atoms with E-state index in [0.29, 0.717) is 5.92 Å². The van der Waals surface area contributed by atoms with Crippen LogP contribution in [0.25, 0.3) is 0 Å². The van der Waals surface area contributed by atoms with Crippen LogP contribution in [0.5, 0.6) is 0 Å². The molecule has 0 aromatic rings. The normalized spacial score (nSPS) is 12.2. The van der Waals surface area contributed by atoms with Crippen molar-refractivity contribution in [3.05, 3.63) is 11.6 Å². The van der Waals surface area contributed by atoms with Crippen molar-refractivity contribution in [1.29, 1.82) is 0 Å². The van der Waals surface area contributed by atoms with Gasteiger partial charge in [-0.3, -0.25) is 0 Å². The number of hydrogen-bond donors (Lipinski definition) is 0. The van der Waals surface area contributed by atoms with Gasteiger partial charge in [0.2, 0.25) is 0 Å². The highest BCUT2D eigenvalue weighted by Crippen LogP contribution is 2.14. The third-order valence-corrected chi connectivity index (χ3v) is 2.13. The monoisotopic (exact) mass is 168 g/mol. The van der Waals surface area contributed by atoms with Crippen molar-refractivity contribution in [3.63, 3.8) is 0 Å². The lowest BCUT2D eigenvalue weighted by molar-refractivity contribution is -0.108. The molecule has 0 aliphatic carbocycles. The molecule has 0 saturated carbocycles. The smallest absolute Gasteiger partial charge is 0.120 e. The number of carbonyl (C=O) groups excluding carboxylic acids is 1. The predicted molar refractivity (Wildman–Crippen MR) is 53.1 cm³/mol. The maximum atomic E-state index is 10.3. The van der Waals surface area contributed by atoms with Gasteiger partial charge in [-0.2, -0.15) is 0 Å². The Balaban J connectivity index is 3.57. The SMILES string of the molecule is CCC(CC=O)CCC=C(C)C. The Kier molecular flexibility index (Phi) is 6.73. The standard InChI is InChI=1S/C11H20O/c1-4-11(8-9-12)7-5-6-10(2)3/h6,9,11H,4-5,7-8H2,1-3H3. The van der Waals surface area contributed by atoms with E-state index in [2.05, 4.69) is 26.8 Å². The van der Waals surface area contributed by atoms with E-state index in [1.165, 1.54) is 5.57 Å². The van der Waals surface area contributed by atoms with Gasteiger partial charge in [0.05, 0.1) is 0 Å². The largest absolute Gasteiger partial charge is 0.303 e. The zero-order chi connectivity index (χ0) is 9.40. The molecule has 0 aliphatic rings. The predicted octanol–water partition coefficient (Wildman–Crippen LogP) is 3.35. The van der Waals surface area contributed by atoms with E-state index in [0.717, 1.165) is 32.0 Å². The number of allylic oxidation sites excluding steroid dienone is 2. The van der Waals surface area contributed by atoms with E-state index >= 15 is 0 Å². The summed E-state index contributed by atoms with van der Waals surface area (Å²) in [5, 5.41) is 0. The second kappa shape index (κ2) is 7.08. The maximum absolute atomic E-state index is 10.3. The highest BCUT2D eigenvalue weighted by Gasteiger charge is 2.03. The van der Waals surface area contributed by atoms with Gasteiger partial charge in [-0.1, -0.05) is 25.0 Å². The molecule has 0 fully saturated rings. The maximum Gasteiger partial charge on any atom is 0.120 e. The molecule has 1 nitrogen and oxygen atoms in total. The van der Waals surface area contributed by atoms with Crippen molar-refractivity contribution in [2.45, 2.75) is 46.5 Å². The molecule has 0 amide bonds. The van der Waals surface area contributed by atoms with Crippen LogP contribution in [0.2, 0.25) is 0 Å². The van der Waals surface area contributed by atoms with Crippen molar-refractivity contribution in [2.75, 3.05) is 0 Å². The van der Waals surface area contributed by atoms with Crippen molar-refractivity contribution in [2.24, 2.45) is 5.92 Å². The van der Waals surface area contributed by atoms with Crippen molar-refractivity contribution in [3.8, 4) is 0 Å². The molecule has 0 spiro atoms. The van der Waals surface area contributed by atoms with E-state index in [9.17, 15) is 4.79 Å². The van der Waals surface area contributed by atoms with Gasteiger partial charge in [0.15, 0.2) is 0 Å². The van der Waals surface area contributed by atoms with Crippen LogP contribution in [0.1, 0.15) is 46.5 Å². The lowest BCUT2D eigenvalue weighted by Gasteiger charge is -2.08. The third kappa shape index (κ3) is 6.14. The molecule has 0 N–H and O–H groups in total. The molecule has 0 aromatic heterocycles.